The Morgan fingerprint density at radius 3 is 2.91 bits per heavy atom. The van der Waals surface area contributed by atoms with E-state index in [9.17, 15) is 9.90 Å². The third-order valence-corrected chi connectivity index (χ3v) is 4.55. The molecule has 2 atom stereocenters. The average Bonchev–Trinajstić information content (AvgIpc) is 3.06. The minimum absolute atomic E-state index is 0.307. The van der Waals surface area contributed by atoms with E-state index >= 15 is 0 Å². The summed E-state index contributed by atoms with van der Waals surface area (Å²) < 4.78 is 1.70. The number of carbonyl (C=O) groups is 1. The van der Waals surface area contributed by atoms with Crippen LogP contribution in [0.5, 0.6) is 0 Å². The molecule has 2 heterocycles. The molecule has 6 heteroatoms. The lowest BCUT2D eigenvalue weighted by molar-refractivity contribution is -0.514. The molecule has 1 aliphatic rings. The summed E-state index contributed by atoms with van der Waals surface area (Å²) in [6.07, 6.45) is 1.68. The molecule has 3 aromatic rings. The molecule has 4 rings (SSSR count). The number of pyridine rings is 1. The second kappa shape index (κ2) is 5.37. The number of hydrogen-bond donors (Lipinski definition) is 3. The third kappa shape index (κ3) is 2.29. The van der Waals surface area contributed by atoms with Crippen LogP contribution in [0.15, 0.2) is 48.7 Å². The second-order valence-corrected chi connectivity index (χ2v) is 6.04. The minimum atomic E-state index is -0.627. The number of aromatic amines is 1. The fourth-order valence-electron chi connectivity index (χ4n) is 3.17. The van der Waals surface area contributed by atoms with Crippen LogP contribution in [0.2, 0.25) is 5.15 Å². The van der Waals surface area contributed by atoms with E-state index in [-0.39, 0.29) is 5.91 Å². The van der Waals surface area contributed by atoms with Crippen molar-refractivity contribution in [3.8, 4) is 0 Å². The molecule has 0 spiro atoms. The van der Waals surface area contributed by atoms with Crippen molar-refractivity contribution >= 4 is 23.0 Å². The summed E-state index contributed by atoms with van der Waals surface area (Å²) in [5.41, 5.74) is 2.75. The number of benzene rings is 1. The van der Waals surface area contributed by atoms with E-state index < -0.39 is 12.1 Å². The van der Waals surface area contributed by atoms with E-state index in [2.05, 4.69) is 10.3 Å². The molecule has 0 radical (unpaired) electrons. The molecule has 0 saturated heterocycles. The predicted molar refractivity (Wildman–Crippen MR) is 85.3 cm³/mol. The van der Waals surface area contributed by atoms with Crippen LogP contribution in [0, 0.1) is 0 Å². The fourth-order valence-corrected chi connectivity index (χ4v) is 3.41. The number of hydrogen-bond acceptors (Lipinski definition) is 2. The lowest BCUT2D eigenvalue weighted by Gasteiger charge is -2.16. The average molecular weight is 329 g/mol. The number of aliphatic hydroxyl groups is 1. The maximum absolute atomic E-state index is 12.7. The lowest BCUT2D eigenvalue weighted by atomic mass is 10.1. The number of imidazole rings is 1. The number of nitrogens with zero attached hydrogens (tertiary/aromatic N) is 1. The van der Waals surface area contributed by atoms with Crippen molar-refractivity contribution in [1.29, 1.82) is 0 Å². The molecular formula is C17H15ClN3O2+. The highest BCUT2D eigenvalue weighted by Gasteiger charge is 2.34. The highest BCUT2D eigenvalue weighted by molar-refractivity contribution is 6.32. The number of carbonyl (C=O) groups excluding carboxylic acids is 1. The number of aromatic nitrogens is 2. The summed E-state index contributed by atoms with van der Waals surface area (Å²) in [5.74, 6) is 0.0287. The van der Waals surface area contributed by atoms with Gasteiger partial charge in [0, 0.05) is 6.42 Å². The quantitative estimate of drug-likeness (QED) is 0.628. The van der Waals surface area contributed by atoms with Crippen molar-refractivity contribution in [2.24, 2.45) is 0 Å². The normalized spacial score (nSPS) is 19.7. The van der Waals surface area contributed by atoms with E-state index in [4.69, 9.17) is 11.6 Å². The van der Waals surface area contributed by atoms with Crippen LogP contribution in [-0.4, -0.2) is 22.1 Å². The van der Waals surface area contributed by atoms with Crippen molar-refractivity contribution in [2.75, 3.05) is 0 Å². The van der Waals surface area contributed by atoms with Gasteiger partial charge in [0.05, 0.1) is 18.3 Å². The zero-order chi connectivity index (χ0) is 16.0. The first-order valence-electron chi connectivity index (χ1n) is 7.40. The van der Waals surface area contributed by atoms with Gasteiger partial charge in [-0.25, -0.2) is 4.98 Å². The molecule has 0 fully saturated rings. The molecule has 116 valence electrons. The Labute approximate surface area is 137 Å². The van der Waals surface area contributed by atoms with Crippen molar-refractivity contribution < 1.29 is 14.3 Å². The maximum atomic E-state index is 12.7. The summed E-state index contributed by atoms with van der Waals surface area (Å²) in [7, 11) is 0. The van der Waals surface area contributed by atoms with Gasteiger partial charge in [0.2, 0.25) is 5.15 Å². The number of halogens is 1. The summed E-state index contributed by atoms with van der Waals surface area (Å²) in [5, 5.41) is 13.6. The van der Waals surface area contributed by atoms with Gasteiger partial charge >= 0.3 is 11.7 Å². The molecule has 1 aliphatic carbocycles. The van der Waals surface area contributed by atoms with Gasteiger partial charge < -0.3 is 10.4 Å². The Morgan fingerprint density at radius 1 is 1.26 bits per heavy atom. The van der Waals surface area contributed by atoms with E-state index in [1.165, 1.54) is 0 Å². The van der Waals surface area contributed by atoms with Gasteiger partial charge in [0.1, 0.15) is 0 Å². The highest BCUT2D eigenvalue weighted by Crippen LogP contribution is 2.31. The Kier molecular flexibility index (Phi) is 3.32. The monoisotopic (exact) mass is 328 g/mol. The van der Waals surface area contributed by atoms with Gasteiger partial charge in [-0.1, -0.05) is 30.3 Å². The van der Waals surface area contributed by atoms with Crippen LogP contribution in [0.3, 0.4) is 0 Å². The van der Waals surface area contributed by atoms with E-state index in [1.54, 1.807) is 10.6 Å². The Bertz CT molecular complexity index is 906. The standard InChI is InChI=1S/C17H14ClN3O2/c18-15-12-7-3-4-8-21(12)16(20-15)17(23)19-14-11-6-2-1-5-10(11)9-13(14)22/h1-8,13-14,22H,9H2,(H,19,23)/p+1/t13-,14+/m0/s1. The number of amides is 1. The Morgan fingerprint density at radius 2 is 2.04 bits per heavy atom. The summed E-state index contributed by atoms with van der Waals surface area (Å²) in [4.78, 5) is 15.6. The van der Waals surface area contributed by atoms with E-state index in [0.29, 0.717) is 17.4 Å². The maximum Gasteiger partial charge on any atom is 0.352 e. The first-order chi connectivity index (χ1) is 11.1. The smallest absolute Gasteiger partial charge is 0.352 e. The van der Waals surface area contributed by atoms with Gasteiger partial charge in [-0.15, -0.1) is 0 Å². The molecule has 0 aliphatic heterocycles. The molecule has 5 nitrogen and oxygen atoms in total. The topological polar surface area (TPSA) is 69.2 Å². The van der Waals surface area contributed by atoms with Crippen LogP contribution < -0.4 is 9.72 Å². The fraction of sp³-hybridized carbons (Fsp3) is 0.176. The Hall–Kier alpha value is -2.37. The molecule has 23 heavy (non-hydrogen) atoms. The van der Waals surface area contributed by atoms with Crippen molar-refractivity contribution in [3.63, 3.8) is 0 Å². The zero-order valence-corrected chi connectivity index (χ0v) is 12.9. The second-order valence-electron chi connectivity index (χ2n) is 5.66. The summed E-state index contributed by atoms with van der Waals surface area (Å²) in [6, 6.07) is 12.8. The number of rotatable bonds is 2. The largest absolute Gasteiger partial charge is 0.390 e. The van der Waals surface area contributed by atoms with Gasteiger partial charge in [-0.2, -0.15) is 4.40 Å². The first kappa shape index (κ1) is 14.2. The Balaban J connectivity index is 1.68. The minimum Gasteiger partial charge on any atom is -0.390 e. The molecule has 2 aromatic heterocycles. The van der Waals surface area contributed by atoms with Gasteiger partial charge in [0.25, 0.3) is 0 Å². The van der Waals surface area contributed by atoms with Crippen molar-refractivity contribution in [2.45, 2.75) is 18.6 Å². The van der Waals surface area contributed by atoms with Gasteiger partial charge in [0.15, 0.2) is 5.52 Å². The van der Waals surface area contributed by atoms with Crippen LogP contribution >= 0.6 is 11.6 Å². The highest BCUT2D eigenvalue weighted by atomic mass is 35.5. The van der Waals surface area contributed by atoms with Crippen molar-refractivity contribution in [1.82, 2.24) is 10.3 Å². The number of fused-ring (bicyclic) bond motifs is 2. The molecule has 1 aromatic carbocycles. The number of H-pyrrole nitrogens is 1. The summed E-state index contributed by atoms with van der Waals surface area (Å²) in [6.45, 7) is 0. The SMILES string of the molecule is O=C(N[C@@H]1c2ccccc2C[C@@H]1O)c1[nH]c(Cl)c2cccc[n+]12. The lowest BCUT2D eigenvalue weighted by Crippen LogP contribution is -2.39. The van der Waals surface area contributed by atoms with Crippen molar-refractivity contribution in [3.05, 3.63) is 70.8 Å². The van der Waals surface area contributed by atoms with Crippen LogP contribution in [0.25, 0.3) is 5.52 Å². The van der Waals surface area contributed by atoms with Crippen LogP contribution in [-0.2, 0) is 6.42 Å². The third-order valence-electron chi connectivity index (χ3n) is 4.26. The molecular weight excluding hydrogens is 314 g/mol. The first-order valence-corrected chi connectivity index (χ1v) is 7.77. The molecule has 3 N–H and O–H groups in total. The van der Waals surface area contributed by atoms with Crippen LogP contribution in [0.1, 0.15) is 27.8 Å². The molecule has 0 saturated carbocycles. The predicted octanol–water partition coefficient (Wildman–Crippen LogP) is 1.79. The molecule has 0 unspecified atom stereocenters. The van der Waals surface area contributed by atoms with E-state index in [1.807, 2.05) is 42.5 Å². The van der Waals surface area contributed by atoms with Gasteiger partial charge in [-0.05, 0) is 34.9 Å². The number of aliphatic hydroxyl groups excluding tert-OH is 1. The molecule has 0 bridgehead atoms. The summed E-state index contributed by atoms with van der Waals surface area (Å²) >= 11 is 6.14. The van der Waals surface area contributed by atoms with Crippen LogP contribution in [0.4, 0.5) is 0 Å². The zero-order valence-electron chi connectivity index (χ0n) is 12.2. The van der Waals surface area contributed by atoms with E-state index in [0.717, 1.165) is 16.6 Å². The number of nitrogens with one attached hydrogen (secondary N) is 2. The van der Waals surface area contributed by atoms with Gasteiger partial charge in [-0.3, -0.25) is 4.79 Å². The molecule has 1 amide bonds.